The van der Waals surface area contributed by atoms with Gasteiger partial charge >= 0.3 is 6.03 Å². The molecule has 1 aliphatic rings. The van der Waals surface area contributed by atoms with Crippen molar-refractivity contribution < 1.29 is 9.53 Å². The third-order valence-electron chi connectivity index (χ3n) is 3.91. The minimum atomic E-state index is -0.0497. The number of nitrogens with zero attached hydrogens (tertiary/aromatic N) is 4. The highest BCUT2D eigenvalue weighted by molar-refractivity contribution is 5.74. The van der Waals surface area contributed by atoms with Crippen LogP contribution in [0.15, 0.2) is 36.7 Å². The molecule has 3 rings (SSSR count). The first-order valence-electron chi connectivity index (χ1n) is 7.80. The summed E-state index contributed by atoms with van der Waals surface area (Å²) in [5, 5.41) is 10.7. The van der Waals surface area contributed by atoms with E-state index in [9.17, 15) is 4.79 Å². The summed E-state index contributed by atoms with van der Waals surface area (Å²) < 4.78 is 7.74. The molecule has 0 unspecified atom stereocenters. The molecular formula is C16H21N5O2. The quantitative estimate of drug-likeness (QED) is 0.900. The number of aromatic nitrogens is 3. The molecule has 1 saturated heterocycles. The first-order valence-corrected chi connectivity index (χ1v) is 7.80. The van der Waals surface area contributed by atoms with Crippen LogP contribution in [0.1, 0.15) is 12.2 Å². The lowest BCUT2D eigenvalue weighted by atomic mass is 10.3. The molecule has 1 fully saturated rings. The Bertz CT molecular complexity index is 643. The molecule has 1 atom stereocenters. The maximum Gasteiger partial charge on any atom is 0.317 e. The predicted molar refractivity (Wildman–Crippen MR) is 85.2 cm³/mol. The van der Waals surface area contributed by atoms with Gasteiger partial charge in [0.2, 0.25) is 0 Å². The summed E-state index contributed by atoms with van der Waals surface area (Å²) in [5.74, 6) is 1.71. The van der Waals surface area contributed by atoms with Crippen molar-refractivity contribution in [1.82, 2.24) is 25.0 Å². The molecule has 0 spiro atoms. The summed E-state index contributed by atoms with van der Waals surface area (Å²) in [6, 6.07) is 9.67. The van der Waals surface area contributed by atoms with Crippen LogP contribution in [0.25, 0.3) is 0 Å². The third kappa shape index (κ3) is 4.00. The van der Waals surface area contributed by atoms with Gasteiger partial charge in [-0.15, -0.1) is 10.2 Å². The molecule has 7 nitrogen and oxygen atoms in total. The van der Waals surface area contributed by atoms with Gasteiger partial charge in [-0.1, -0.05) is 18.2 Å². The van der Waals surface area contributed by atoms with Crippen molar-refractivity contribution in [2.75, 3.05) is 19.6 Å². The number of hydrogen-bond acceptors (Lipinski definition) is 4. The van der Waals surface area contributed by atoms with Crippen LogP contribution in [0.2, 0.25) is 0 Å². The zero-order valence-corrected chi connectivity index (χ0v) is 13.2. The monoisotopic (exact) mass is 315 g/mol. The van der Waals surface area contributed by atoms with Gasteiger partial charge in [0.1, 0.15) is 24.0 Å². The Morgan fingerprint density at radius 1 is 1.39 bits per heavy atom. The van der Waals surface area contributed by atoms with Gasteiger partial charge in [0.25, 0.3) is 0 Å². The van der Waals surface area contributed by atoms with E-state index < -0.39 is 0 Å². The second kappa shape index (κ2) is 7.13. The smallest absolute Gasteiger partial charge is 0.317 e. The molecule has 0 aliphatic carbocycles. The Hall–Kier alpha value is -2.57. The average molecular weight is 315 g/mol. The summed E-state index contributed by atoms with van der Waals surface area (Å²) >= 11 is 0. The number of hydrogen-bond donors (Lipinski definition) is 1. The minimum absolute atomic E-state index is 0.0497. The third-order valence-corrected chi connectivity index (χ3v) is 3.91. The zero-order valence-electron chi connectivity index (χ0n) is 13.2. The summed E-state index contributed by atoms with van der Waals surface area (Å²) in [7, 11) is 1.89. The number of nitrogens with one attached hydrogen (secondary N) is 1. The van der Waals surface area contributed by atoms with Crippen LogP contribution in [0.4, 0.5) is 4.79 Å². The van der Waals surface area contributed by atoms with Gasteiger partial charge in [-0.05, 0) is 12.1 Å². The van der Waals surface area contributed by atoms with Gasteiger partial charge < -0.3 is 19.5 Å². The fraction of sp³-hybridized carbons (Fsp3) is 0.438. The number of carbonyl (C=O) groups is 1. The number of ether oxygens (including phenoxy) is 1. The van der Waals surface area contributed by atoms with E-state index >= 15 is 0 Å². The molecule has 0 saturated carbocycles. The lowest BCUT2D eigenvalue weighted by Gasteiger charge is -2.18. The number of urea groups is 1. The van der Waals surface area contributed by atoms with Crippen molar-refractivity contribution in [3.63, 3.8) is 0 Å². The molecule has 1 aromatic carbocycles. The van der Waals surface area contributed by atoms with Crippen molar-refractivity contribution in [2.45, 2.75) is 18.9 Å². The first-order chi connectivity index (χ1) is 11.2. The van der Waals surface area contributed by atoms with E-state index in [2.05, 4.69) is 15.5 Å². The van der Waals surface area contributed by atoms with Gasteiger partial charge in [0.15, 0.2) is 0 Å². The Kier molecular flexibility index (Phi) is 4.75. The van der Waals surface area contributed by atoms with Crippen LogP contribution < -0.4 is 10.1 Å². The fourth-order valence-electron chi connectivity index (χ4n) is 2.63. The van der Waals surface area contributed by atoms with Crippen molar-refractivity contribution in [3.05, 3.63) is 42.5 Å². The molecule has 0 bridgehead atoms. The standard InChI is InChI=1S/C16H21N5O2/c1-20-12-18-19-15(20)7-9-17-16(22)21-10-8-14(11-21)23-13-5-3-2-4-6-13/h2-6,12,14H,7-11H2,1H3,(H,17,22)/t14-/m1/s1. The largest absolute Gasteiger partial charge is 0.489 e. The lowest BCUT2D eigenvalue weighted by molar-refractivity contribution is 0.187. The van der Waals surface area contributed by atoms with Gasteiger partial charge in [-0.3, -0.25) is 0 Å². The number of carbonyl (C=O) groups excluding carboxylic acids is 1. The highest BCUT2D eigenvalue weighted by atomic mass is 16.5. The van der Waals surface area contributed by atoms with E-state index in [0.717, 1.165) is 18.0 Å². The second-order valence-corrected chi connectivity index (χ2v) is 5.63. The van der Waals surface area contributed by atoms with Crippen LogP contribution in [-0.2, 0) is 13.5 Å². The highest BCUT2D eigenvalue weighted by Gasteiger charge is 2.27. The number of aryl methyl sites for hydroxylation is 1. The molecule has 2 aromatic rings. The molecule has 1 aliphatic heterocycles. The Morgan fingerprint density at radius 3 is 2.96 bits per heavy atom. The van der Waals surface area contributed by atoms with Crippen LogP contribution in [0.5, 0.6) is 5.75 Å². The predicted octanol–water partition coefficient (Wildman–Crippen LogP) is 1.22. The topological polar surface area (TPSA) is 72.3 Å². The van der Waals surface area contributed by atoms with Crippen LogP contribution in [-0.4, -0.2) is 51.4 Å². The van der Waals surface area contributed by atoms with Gasteiger partial charge in [0.05, 0.1) is 6.54 Å². The van der Waals surface area contributed by atoms with Crippen molar-refractivity contribution in [3.8, 4) is 5.75 Å². The lowest BCUT2D eigenvalue weighted by Crippen LogP contribution is -2.40. The zero-order chi connectivity index (χ0) is 16.1. The first kappa shape index (κ1) is 15.3. The number of amides is 2. The van der Waals surface area contributed by atoms with E-state index in [1.165, 1.54) is 0 Å². The Labute approximate surface area is 135 Å². The molecule has 23 heavy (non-hydrogen) atoms. The Balaban J connectivity index is 1.41. The van der Waals surface area contributed by atoms with E-state index in [1.54, 1.807) is 11.2 Å². The Morgan fingerprint density at radius 2 is 2.22 bits per heavy atom. The molecule has 1 N–H and O–H groups in total. The molecular weight excluding hydrogens is 294 g/mol. The van der Waals surface area contributed by atoms with Gasteiger partial charge in [-0.25, -0.2) is 4.79 Å². The van der Waals surface area contributed by atoms with Gasteiger partial charge in [0, 0.05) is 33.0 Å². The maximum atomic E-state index is 12.2. The number of likely N-dealkylation sites (tertiary alicyclic amines) is 1. The highest BCUT2D eigenvalue weighted by Crippen LogP contribution is 2.17. The van der Waals surface area contributed by atoms with Crippen molar-refractivity contribution in [2.24, 2.45) is 7.05 Å². The molecule has 7 heteroatoms. The van der Waals surface area contributed by atoms with E-state index in [4.69, 9.17) is 4.74 Å². The summed E-state index contributed by atoms with van der Waals surface area (Å²) in [6.45, 7) is 1.88. The van der Waals surface area contributed by atoms with E-state index in [1.807, 2.05) is 41.9 Å². The number of benzene rings is 1. The van der Waals surface area contributed by atoms with Crippen LogP contribution in [0.3, 0.4) is 0 Å². The molecule has 122 valence electrons. The summed E-state index contributed by atoms with van der Waals surface area (Å²) in [4.78, 5) is 14.0. The minimum Gasteiger partial charge on any atom is -0.489 e. The molecule has 2 heterocycles. The second-order valence-electron chi connectivity index (χ2n) is 5.63. The normalized spacial score (nSPS) is 17.3. The molecule has 0 radical (unpaired) electrons. The van der Waals surface area contributed by atoms with Crippen molar-refractivity contribution in [1.29, 1.82) is 0 Å². The average Bonchev–Trinajstić information content (AvgIpc) is 3.18. The van der Waals surface area contributed by atoms with E-state index in [0.29, 0.717) is 26.1 Å². The summed E-state index contributed by atoms with van der Waals surface area (Å²) in [6.07, 6.45) is 3.23. The SMILES string of the molecule is Cn1cnnc1CCNC(=O)N1CC[C@@H](Oc2ccccc2)C1. The van der Waals surface area contributed by atoms with E-state index in [-0.39, 0.29) is 12.1 Å². The molecule has 1 aromatic heterocycles. The number of para-hydroxylation sites is 1. The number of rotatable bonds is 5. The molecule has 2 amide bonds. The van der Waals surface area contributed by atoms with Crippen LogP contribution in [0, 0.1) is 0 Å². The maximum absolute atomic E-state index is 12.2. The van der Waals surface area contributed by atoms with Crippen LogP contribution >= 0.6 is 0 Å². The fourth-order valence-corrected chi connectivity index (χ4v) is 2.63. The van der Waals surface area contributed by atoms with Crippen molar-refractivity contribution >= 4 is 6.03 Å². The van der Waals surface area contributed by atoms with Gasteiger partial charge in [-0.2, -0.15) is 0 Å². The summed E-state index contributed by atoms with van der Waals surface area (Å²) in [5.41, 5.74) is 0.